The second-order valence-electron chi connectivity index (χ2n) is 7.00. The molecule has 3 nitrogen and oxygen atoms in total. The van der Waals surface area contributed by atoms with Gasteiger partial charge in [-0.25, -0.2) is 0 Å². The predicted octanol–water partition coefficient (Wildman–Crippen LogP) is 4.55. The standard InChI is InChI=1S/C19H23ClN2OS/c20-15-7-6-13-10-18(24-17(13)11-15)19(23)21-12-14-4-3-9-22-8-2-1-5-16(14)22/h6-7,10-11,14,16H,1-5,8-9,12H2,(H,21,23)/t14-,16+/m0/s1. The monoisotopic (exact) mass is 362 g/mol. The van der Waals surface area contributed by atoms with Crippen molar-refractivity contribution in [3.63, 3.8) is 0 Å². The van der Waals surface area contributed by atoms with Crippen LogP contribution >= 0.6 is 22.9 Å². The summed E-state index contributed by atoms with van der Waals surface area (Å²) in [6.07, 6.45) is 6.46. The van der Waals surface area contributed by atoms with E-state index in [1.54, 1.807) is 0 Å². The van der Waals surface area contributed by atoms with Crippen LogP contribution in [0.5, 0.6) is 0 Å². The first-order valence-electron chi connectivity index (χ1n) is 8.92. The minimum atomic E-state index is 0.0558. The summed E-state index contributed by atoms with van der Waals surface area (Å²) in [6, 6.07) is 8.43. The van der Waals surface area contributed by atoms with Crippen LogP contribution in [0.2, 0.25) is 5.02 Å². The highest BCUT2D eigenvalue weighted by Gasteiger charge is 2.33. The van der Waals surface area contributed by atoms with E-state index in [1.807, 2.05) is 24.3 Å². The highest BCUT2D eigenvalue weighted by atomic mass is 35.5. The first kappa shape index (κ1) is 16.4. The number of amides is 1. The molecule has 2 aromatic rings. The van der Waals surface area contributed by atoms with Crippen molar-refractivity contribution in [3.8, 4) is 0 Å². The average molecular weight is 363 g/mol. The second-order valence-corrected chi connectivity index (χ2v) is 8.52. The Morgan fingerprint density at radius 3 is 3.00 bits per heavy atom. The molecule has 1 aromatic heterocycles. The van der Waals surface area contributed by atoms with Crippen molar-refractivity contribution in [2.45, 2.75) is 38.1 Å². The molecule has 128 valence electrons. The molecule has 2 fully saturated rings. The zero-order valence-corrected chi connectivity index (χ0v) is 15.3. The van der Waals surface area contributed by atoms with E-state index in [4.69, 9.17) is 11.6 Å². The van der Waals surface area contributed by atoms with Crippen LogP contribution in [0.4, 0.5) is 0 Å². The second kappa shape index (κ2) is 7.03. The summed E-state index contributed by atoms with van der Waals surface area (Å²) in [5.41, 5.74) is 0. The Morgan fingerprint density at radius 1 is 1.21 bits per heavy atom. The quantitative estimate of drug-likeness (QED) is 0.868. The minimum absolute atomic E-state index is 0.0558. The lowest BCUT2D eigenvalue weighted by Gasteiger charge is -2.44. The summed E-state index contributed by atoms with van der Waals surface area (Å²) in [4.78, 5) is 16.0. The number of hydrogen-bond donors (Lipinski definition) is 1. The third kappa shape index (κ3) is 3.32. The molecule has 0 aliphatic carbocycles. The van der Waals surface area contributed by atoms with Crippen LogP contribution in [-0.4, -0.2) is 36.5 Å². The average Bonchev–Trinajstić information content (AvgIpc) is 3.03. The number of carbonyl (C=O) groups excluding carboxylic acids is 1. The number of piperidine rings is 2. The zero-order chi connectivity index (χ0) is 16.5. The molecule has 1 N–H and O–H groups in total. The van der Waals surface area contributed by atoms with Crippen LogP contribution in [0.15, 0.2) is 24.3 Å². The van der Waals surface area contributed by atoms with Crippen molar-refractivity contribution >= 4 is 38.9 Å². The van der Waals surface area contributed by atoms with E-state index < -0.39 is 0 Å². The van der Waals surface area contributed by atoms with E-state index in [-0.39, 0.29) is 5.91 Å². The van der Waals surface area contributed by atoms with Gasteiger partial charge in [0.25, 0.3) is 5.91 Å². The molecule has 0 saturated carbocycles. The maximum Gasteiger partial charge on any atom is 0.261 e. The smallest absolute Gasteiger partial charge is 0.261 e. The van der Waals surface area contributed by atoms with Gasteiger partial charge in [-0.2, -0.15) is 0 Å². The van der Waals surface area contributed by atoms with Gasteiger partial charge in [-0.05, 0) is 68.3 Å². The molecular weight excluding hydrogens is 340 g/mol. The number of benzene rings is 1. The van der Waals surface area contributed by atoms with Crippen LogP contribution in [0, 0.1) is 5.92 Å². The van der Waals surface area contributed by atoms with E-state index in [9.17, 15) is 4.79 Å². The third-order valence-corrected chi connectivity index (χ3v) is 6.79. The van der Waals surface area contributed by atoms with Gasteiger partial charge in [0.15, 0.2) is 0 Å². The Labute approximate surface area is 152 Å². The molecule has 3 heterocycles. The summed E-state index contributed by atoms with van der Waals surface area (Å²) >= 11 is 7.56. The van der Waals surface area contributed by atoms with Crippen molar-refractivity contribution in [2.75, 3.05) is 19.6 Å². The summed E-state index contributed by atoms with van der Waals surface area (Å²) in [6.45, 7) is 3.29. The molecule has 24 heavy (non-hydrogen) atoms. The van der Waals surface area contributed by atoms with Crippen molar-refractivity contribution in [1.82, 2.24) is 10.2 Å². The molecule has 2 aliphatic rings. The largest absolute Gasteiger partial charge is 0.351 e. The SMILES string of the molecule is O=C(NC[C@@H]1CCCN2CCCC[C@H]12)c1cc2ccc(Cl)cc2s1. The first-order valence-corrected chi connectivity index (χ1v) is 10.1. The normalized spacial score (nSPS) is 24.7. The molecule has 0 bridgehead atoms. The topological polar surface area (TPSA) is 32.3 Å². The third-order valence-electron chi connectivity index (χ3n) is 5.46. The molecular formula is C19H23ClN2OS. The Balaban J connectivity index is 1.41. The number of nitrogens with zero attached hydrogens (tertiary/aromatic N) is 1. The zero-order valence-electron chi connectivity index (χ0n) is 13.8. The number of thiophene rings is 1. The van der Waals surface area contributed by atoms with Gasteiger partial charge >= 0.3 is 0 Å². The molecule has 0 spiro atoms. The summed E-state index contributed by atoms with van der Waals surface area (Å²) in [7, 11) is 0. The highest BCUT2D eigenvalue weighted by Crippen LogP contribution is 2.31. The lowest BCUT2D eigenvalue weighted by Crippen LogP contribution is -2.50. The summed E-state index contributed by atoms with van der Waals surface area (Å²) in [5, 5.41) is 5.00. The first-order chi connectivity index (χ1) is 11.7. The molecule has 2 saturated heterocycles. The van der Waals surface area contributed by atoms with Gasteiger partial charge in [-0.1, -0.05) is 24.1 Å². The fourth-order valence-electron chi connectivity index (χ4n) is 4.24. The fourth-order valence-corrected chi connectivity index (χ4v) is 5.50. The predicted molar refractivity (Wildman–Crippen MR) is 101 cm³/mol. The van der Waals surface area contributed by atoms with E-state index in [2.05, 4.69) is 10.2 Å². The van der Waals surface area contributed by atoms with Gasteiger partial charge in [0.2, 0.25) is 0 Å². The molecule has 4 rings (SSSR count). The Kier molecular flexibility index (Phi) is 4.79. The Bertz CT molecular complexity index is 742. The van der Waals surface area contributed by atoms with Gasteiger partial charge < -0.3 is 10.2 Å². The number of carbonyl (C=O) groups is 1. The number of fused-ring (bicyclic) bond motifs is 2. The van der Waals surface area contributed by atoms with E-state index in [1.165, 1.54) is 56.5 Å². The number of halogens is 1. The van der Waals surface area contributed by atoms with Crippen molar-refractivity contribution in [3.05, 3.63) is 34.2 Å². The van der Waals surface area contributed by atoms with Crippen LogP contribution in [0.1, 0.15) is 41.8 Å². The Hall–Kier alpha value is -1.10. The molecule has 0 unspecified atom stereocenters. The summed E-state index contributed by atoms with van der Waals surface area (Å²) in [5.74, 6) is 0.659. The fraction of sp³-hybridized carbons (Fsp3) is 0.526. The van der Waals surface area contributed by atoms with Gasteiger partial charge in [0, 0.05) is 22.3 Å². The van der Waals surface area contributed by atoms with Gasteiger partial charge in [0.1, 0.15) is 0 Å². The molecule has 0 radical (unpaired) electrons. The van der Waals surface area contributed by atoms with E-state index in [0.717, 1.165) is 26.5 Å². The van der Waals surface area contributed by atoms with E-state index in [0.29, 0.717) is 12.0 Å². The van der Waals surface area contributed by atoms with Crippen LogP contribution in [0.3, 0.4) is 0 Å². The van der Waals surface area contributed by atoms with Gasteiger partial charge in [-0.15, -0.1) is 11.3 Å². The lowest BCUT2D eigenvalue weighted by molar-refractivity contribution is 0.0576. The molecule has 1 aromatic carbocycles. The van der Waals surface area contributed by atoms with Crippen molar-refractivity contribution in [1.29, 1.82) is 0 Å². The van der Waals surface area contributed by atoms with Gasteiger partial charge in [0.05, 0.1) is 4.88 Å². The van der Waals surface area contributed by atoms with Crippen LogP contribution in [0.25, 0.3) is 10.1 Å². The van der Waals surface area contributed by atoms with Crippen molar-refractivity contribution in [2.24, 2.45) is 5.92 Å². The number of rotatable bonds is 3. The molecule has 2 aliphatic heterocycles. The molecule has 5 heteroatoms. The van der Waals surface area contributed by atoms with Crippen LogP contribution < -0.4 is 5.32 Å². The van der Waals surface area contributed by atoms with Gasteiger partial charge in [-0.3, -0.25) is 4.79 Å². The maximum absolute atomic E-state index is 12.6. The number of hydrogen-bond acceptors (Lipinski definition) is 3. The highest BCUT2D eigenvalue weighted by molar-refractivity contribution is 7.20. The maximum atomic E-state index is 12.6. The van der Waals surface area contributed by atoms with E-state index >= 15 is 0 Å². The number of nitrogens with one attached hydrogen (secondary N) is 1. The van der Waals surface area contributed by atoms with Crippen LogP contribution in [-0.2, 0) is 0 Å². The van der Waals surface area contributed by atoms with Crippen molar-refractivity contribution < 1.29 is 4.79 Å². The molecule has 2 atom stereocenters. The minimum Gasteiger partial charge on any atom is -0.351 e. The molecule has 1 amide bonds. The lowest BCUT2D eigenvalue weighted by atomic mass is 9.83. The Morgan fingerprint density at radius 2 is 2.08 bits per heavy atom. The summed E-state index contributed by atoms with van der Waals surface area (Å²) < 4.78 is 1.07.